The molecule has 0 saturated heterocycles. The van der Waals surface area contributed by atoms with E-state index in [1.54, 1.807) is 12.1 Å². The fourth-order valence-electron chi connectivity index (χ4n) is 4.45. The van der Waals surface area contributed by atoms with Gasteiger partial charge < -0.3 is 28.4 Å². The van der Waals surface area contributed by atoms with E-state index in [2.05, 4.69) is 16.6 Å². The summed E-state index contributed by atoms with van der Waals surface area (Å²) >= 11 is 0. The Balaban J connectivity index is 2.23. The molecule has 0 fully saturated rings. The lowest BCUT2D eigenvalue weighted by atomic mass is 9.99. The summed E-state index contributed by atoms with van der Waals surface area (Å²) in [7, 11) is 0. The number of ether oxygens (including phenoxy) is 6. The zero-order valence-electron chi connectivity index (χ0n) is 24.6. The van der Waals surface area contributed by atoms with Gasteiger partial charge in [0.15, 0.2) is 0 Å². The second-order valence-electron chi connectivity index (χ2n) is 9.79. The van der Waals surface area contributed by atoms with Crippen LogP contribution in [0.25, 0.3) is 9.69 Å². The van der Waals surface area contributed by atoms with E-state index in [4.69, 9.17) is 41.6 Å². The van der Waals surface area contributed by atoms with Crippen LogP contribution in [0.4, 0.5) is 0 Å². The number of unbranched alkanes of at least 4 members (excludes halogenated alkanes) is 3. The number of carbonyl (C=O) groups is 2. The first-order chi connectivity index (χ1) is 20.8. The molecule has 2 atom stereocenters. The third-order valence-corrected chi connectivity index (χ3v) is 6.96. The maximum Gasteiger partial charge on any atom is 0.600 e. The van der Waals surface area contributed by atoms with Gasteiger partial charge in [-0.05, 0) is 25.7 Å². The molecule has 0 radical (unpaired) electrons. The summed E-state index contributed by atoms with van der Waals surface area (Å²) in [6.07, 6.45) is 6.43. The lowest BCUT2D eigenvalue weighted by molar-refractivity contribution is -0.140. The van der Waals surface area contributed by atoms with E-state index in [0.717, 1.165) is 32.1 Å². The van der Waals surface area contributed by atoms with Crippen LogP contribution in [-0.4, -0.2) is 11.9 Å². The molecule has 0 aliphatic carbocycles. The van der Waals surface area contributed by atoms with Gasteiger partial charge in [0.25, 0.3) is 0 Å². The monoisotopic (exact) mass is 588 g/mol. The minimum Gasteiger partial charge on any atom is -0.420 e. The molecule has 0 N–H and O–H groups in total. The number of carbonyl (C=O) groups excluding carboxylic acids is 2. The Kier molecular flexibility index (Phi) is 11.4. The minimum absolute atomic E-state index is 0.292. The van der Waals surface area contributed by atoms with Gasteiger partial charge in [-0.2, -0.15) is 10.5 Å². The van der Waals surface area contributed by atoms with Crippen LogP contribution in [-0.2, 0) is 9.59 Å². The second kappa shape index (κ2) is 15.1. The third kappa shape index (κ3) is 7.00. The van der Waals surface area contributed by atoms with Crippen LogP contribution in [0.3, 0.4) is 0 Å². The lowest BCUT2D eigenvalue weighted by Gasteiger charge is -2.18. The number of nitriles is 2. The molecule has 0 spiro atoms. The van der Waals surface area contributed by atoms with Crippen LogP contribution >= 0.6 is 0 Å². The van der Waals surface area contributed by atoms with Crippen LogP contribution in [0.5, 0.6) is 34.5 Å². The van der Waals surface area contributed by atoms with E-state index < -0.39 is 47.1 Å². The largest absolute Gasteiger partial charge is 0.600 e. The Morgan fingerprint density at radius 2 is 1.14 bits per heavy atom. The first kappa shape index (κ1) is 32.3. The Labute approximate surface area is 250 Å². The Morgan fingerprint density at radius 3 is 1.51 bits per heavy atom. The highest BCUT2D eigenvalue weighted by Gasteiger charge is 2.45. The summed E-state index contributed by atoms with van der Waals surface area (Å²) in [6.45, 7) is 22.4. The number of rotatable bonds is 13. The number of hydrogen-bond donors (Lipinski definition) is 0. The van der Waals surface area contributed by atoms with Crippen molar-refractivity contribution < 1.29 is 38.0 Å². The van der Waals surface area contributed by atoms with Crippen LogP contribution in [0.2, 0.25) is 0 Å². The van der Waals surface area contributed by atoms with Crippen molar-refractivity contribution in [1.82, 2.24) is 0 Å². The summed E-state index contributed by atoms with van der Waals surface area (Å²) < 4.78 is 34.4. The molecule has 0 bridgehead atoms. The van der Waals surface area contributed by atoms with Crippen molar-refractivity contribution >= 4 is 11.9 Å². The smallest absolute Gasteiger partial charge is 0.420 e. The van der Waals surface area contributed by atoms with Crippen molar-refractivity contribution in [2.75, 3.05) is 0 Å². The SMILES string of the molecule is [C-]#[N+]C([N+]#[C-])=C1Oc2c(OC(=O)C(CC)CCCC)c3c(c(OC(=O)C(CC)CCCCC)c2O1)OC(=C(C#N)C#N)O3. The van der Waals surface area contributed by atoms with Gasteiger partial charge in [-0.25, -0.2) is 0 Å². The van der Waals surface area contributed by atoms with Crippen molar-refractivity contribution in [3.63, 3.8) is 0 Å². The van der Waals surface area contributed by atoms with E-state index in [1.165, 1.54) is 0 Å². The summed E-state index contributed by atoms with van der Waals surface area (Å²) in [5, 5.41) is 18.9. The number of allylic oxidation sites excluding steroid dienone is 1. The third-order valence-electron chi connectivity index (χ3n) is 6.96. The predicted molar refractivity (Wildman–Crippen MR) is 150 cm³/mol. The molecule has 2 aliphatic rings. The van der Waals surface area contributed by atoms with Gasteiger partial charge in [0, 0.05) is 0 Å². The molecule has 2 heterocycles. The molecule has 2 unspecified atom stereocenters. The van der Waals surface area contributed by atoms with E-state index in [-0.39, 0.29) is 34.5 Å². The van der Waals surface area contributed by atoms with Crippen molar-refractivity contribution in [3.8, 4) is 46.6 Å². The van der Waals surface area contributed by atoms with Crippen LogP contribution < -0.4 is 28.4 Å². The predicted octanol–water partition coefficient (Wildman–Crippen LogP) is 7.09. The fraction of sp³-hybridized carbons (Fsp3) is 0.484. The van der Waals surface area contributed by atoms with Gasteiger partial charge in [-0.3, -0.25) is 9.59 Å². The summed E-state index contributed by atoms with van der Waals surface area (Å²) in [4.78, 5) is 32.9. The highest BCUT2D eigenvalue weighted by atomic mass is 16.7. The van der Waals surface area contributed by atoms with Crippen molar-refractivity contribution in [1.29, 1.82) is 10.5 Å². The average Bonchev–Trinajstić information content (AvgIpc) is 3.64. The molecule has 0 aromatic heterocycles. The molecule has 1 aromatic rings. The lowest BCUT2D eigenvalue weighted by Crippen LogP contribution is -2.21. The van der Waals surface area contributed by atoms with Crippen LogP contribution in [0, 0.1) is 47.6 Å². The molecular weight excluding hydrogens is 556 g/mol. The first-order valence-corrected chi connectivity index (χ1v) is 14.2. The molecule has 2 aliphatic heterocycles. The van der Waals surface area contributed by atoms with Gasteiger partial charge in [0.1, 0.15) is 25.3 Å². The van der Waals surface area contributed by atoms with E-state index in [0.29, 0.717) is 25.7 Å². The molecule has 3 rings (SSSR count). The second-order valence-corrected chi connectivity index (χ2v) is 9.79. The topological polar surface area (TPSA) is 146 Å². The van der Waals surface area contributed by atoms with E-state index >= 15 is 0 Å². The first-order valence-electron chi connectivity index (χ1n) is 14.2. The standard InChI is InChI=1S/C31H32N4O8/c1-7-11-13-15-19(10-4)29(37)39-22-24-23(40-30(41-24)20(16-32)17-33)21(38-28(36)18(9-3)14-12-8-2)25-26(22)43-31(42-25)27(34-5)35-6/h18-19H,7-15H2,1-4H3. The quantitative estimate of drug-likeness (QED) is 0.0769. The molecule has 0 amide bonds. The highest BCUT2D eigenvalue weighted by molar-refractivity contribution is 5.85. The Hall–Kier alpha value is -5.20. The molecular formula is C31H32N4O8. The molecule has 43 heavy (non-hydrogen) atoms. The normalized spacial score (nSPS) is 13.6. The zero-order chi connectivity index (χ0) is 31.5. The van der Waals surface area contributed by atoms with Crippen molar-refractivity contribution in [2.45, 2.75) is 85.5 Å². The summed E-state index contributed by atoms with van der Waals surface area (Å²) in [6, 6.07) is 3.33. The number of benzene rings is 1. The zero-order valence-corrected chi connectivity index (χ0v) is 24.6. The average molecular weight is 589 g/mol. The molecule has 12 heteroatoms. The fourth-order valence-corrected chi connectivity index (χ4v) is 4.45. The molecule has 0 saturated carbocycles. The number of fused-ring (bicyclic) bond motifs is 2. The van der Waals surface area contributed by atoms with Crippen LogP contribution in [0.15, 0.2) is 23.3 Å². The Morgan fingerprint density at radius 1 is 0.721 bits per heavy atom. The Bertz CT molecular complexity index is 1390. The van der Waals surface area contributed by atoms with Gasteiger partial charge in [0.05, 0.1) is 11.8 Å². The van der Waals surface area contributed by atoms with Gasteiger partial charge in [-0.15, -0.1) is 9.69 Å². The number of hydrogen-bond acceptors (Lipinski definition) is 10. The maximum atomic E-state index is 13.4. The number of esters is 2. The minimum atomic E-state index is -0.620. The van der Waals surface area contributed by atoms with Gasteiger partial charge >= 0.3 is 29.7 Å². The summed E-state index contributed by atoms with van der Waals surface area (Å²) in [5.41, 5.74) is -0.531. The maximum absolute atomic E-state index is 13.4. The molecule has 1 aromatic carbocycles. The highest BCUT2D eigenvalue weighted by Crippen LogP contribution is 2.64. The van der Waals surface area contributed by atoms with Crippen molar-refractivity contribution in [3.05, 3.63) is 46.1 Å². The summed E-state index contributed by atoms with van der Waals surface area (Å²) in [5.74, 6) is -5.66. The van der Waals surface area contributed by atoms with E-state index in [1.807, 2.05) is 20.8 Å². The van der Waals surface area contributed by atoms with E-state index in [9.17, 15) is 20.1 Å². The van der Waals surface area contributed by atoms with Crippen molar-refractivity contribution in [2.24, 2.45) is 11.8 Å². The van der Waals surface area contributed by atoms with Crippen LogP contribution in [0.1, 0.15) is 85.5 Å². The van der Waals surface area contributed by atoms with Gasteiger partial charge in [0.2, 0.25) is 40.1 Å². The van der Waals surface area contributed by atoms with Gasteiger partial charge in [-0.1, -0.05) is 59.8 Å². The number of nitrogens with zero attached hydrogens (tertiary/aromatic N) is 4. The molecule has 224 valence electrons. The molecule has 12 nitrogen and oxygen atoms in total.